The molecule has 0 unspecified atom stereocenters. The molecule has 2 saturated heterocycles. The summed E-state index contributed by atoms with van der Waals surface area (Å²) < 4.78 is 0. The summed E-state index contributed by atoms with van der Waals surface area (Å²) in [5.41, 5.74) is 0. The molecular weight excluding hydrogens is 292 g/mol. The minimum Gasteiger partial charge on any atom is -0.342 e. The maximum absolute atomic E-state index is 12.4. The van der Waals surface area contributed by atoms with E-state index in [1.807, 2.05) is 0 Å². The number of nitrogens with zero attached hydrogens (tertiary/aromatic N) is 1. The third kappa shape index (κ3) is 3.54. The number of fused-ring (bicyclic) bond motifs is 1. The number of hydrogen-bond acceptors (Lipinski definition) is 3. The van der Waals surface area contributed by atoms with Gasteiger partial charge in [-0.1, -0.05) is 0 Å². The van der Waals surface area contributed by atoms with E-state index in [0.29, 0.717) is 12.3 Å². The van der Waals surface area contributed by atoms with Crippen LogP contribution in [-0.2, 0) is 11.2 Å². The first-order valence-electron chi connectivity index (χ1n) is 7.26. The molecule has 2 aliphatic rings. The molecule has 2 fully saturated rings. The molecule has 2 atom stereocenters. The second-order valence-electron chi connectivity index (χ2n) is 5.83. The molecule has 3 rings (SSSR count). The van der Waals surface area contributed by atoms with Crippen LogP contribution in [0.1, 0.15) is 22.6 Å². The van der Waals surface area contributed by atoms with Crippen molar-refractivity contribution in [2.24, 2.45) is 11.8 Å². The van der Waals surface area contributed by atoms with E-state index >= 15 is 0 Å². The smallest absolute Gasteiger partial charge is 0.227 e. The molecule has 1 aromatic rings. The Morgan fingerprint density at radius 3 is 2.50 bits per heavy atom. The van der Waals surface area contributed by atoms with Crippen LogP contribution in [0.4, 0.5) is 0 Å². The fourth-order valence-electron chi connectivity index (χ4n) is 3.31. The fraction of sp³-hybridized carbons (Fsp3) is 0.667. The quantitative estimate of drug-likeness (QED) is 0.909. The topological polar surface area (TPSA) is 32.3 Å². The van der Waals surface area contributed by atoms with Crippen molar-refractivity contribution in [2.75, 3.05) is 26.2 Å². The van der Waals surface area contributed by atoms with E-state index in [1.165, 1.54) is 22.6 Å². The van der Waals surface area contributed by atoms with Crippen LogP contribution in [0.15, 0.2) is 12.1 Å². The Hall–Kier alpha value is -0.580. The van der Waals surface area contributed by atoms with E-state index in [4.69, 9.17) is 0 Å². The van der Waals surface area contributed by atoms with Crippen LogP contribution in [0, 0.1) is 18.8 Å². The summed E-state index contributed by atoms with van der Waals surface area (Å²) in [4.78, 5) is 17.0. The lowest BCUT2D eigenvalue weighted by atomic mass is 9.92. The zero-order chi connectivity index (χ0) is 13.2. The van der Waals surface area contributed by atoms with Crippen molar-refractivity contribution in [3.05, 3.63) is 21.9 Å². The lowest BCUT2D eigenvalue weighted by Crippen LogP contribution is -2.33. The van der Waals surface area contributed by atoms with Crippen LogP contribution in [0.25, 0.3) is 0 Å². The first-order valence-corrected chi connectivity index (χ1v) is 8.08. The van der Waals surface area contributed by atoms with Crippen molar-refractivity contribution < 1.29 is 4.79 Å². The number of hydrogen-bond donors (Lipinski definition) is 1. The lowest BCUT2D eigenvalue weighted by Gasteiger charge is -2.20. The molecule has 0 spiro atoms. The lowest BCUT2D eigenvalue weighted by molar-refractivity contribution is -0.130. The number of nitrogens with one attached hydrogen (secondary N) is 1. The molecule has 20 heavy (non-hydrogen) atoms. The Balaban J connectivity index is 0.00000147. The number of halogens is 1. The van der Waals surface area contributed by atoms with Gasteiger partial charge in [0, 0.05) is 22.8 Å². The fourth-order valence-corrected chi connectivity index (χ4v) is 4.19. The second kappa shape index (κ2) is 6.92. The van der Waals surface area contributed by atoms with Crippen LogP contribution in [-0.4, -0.2) is 37.0 Å². The molecule has 5 heteroatoms. The van der Waals surface area contributed by atoms with Gasteiger partial charge in [-0.25, -0.2) is 0 Å². The number of carbonyl (C=O) groups excluding carboxylic acids is 1. The molecule has 1 aromatic heterocycles. The number of carbonyl (C=O) groups is 1. The second-order valence-corrected chi connectivity index (χ2v) is 7.20. The van der Waals surface area contributed by atoms with E-state index in [1.54, 1.807) is 11.3 Å². The molecule has 0 saturated carbocycles. The van der Waals surface area contributed by atoms with Gasteiger partial charge in [-0.05, 0) is 56.8 Å². The van der Waals surface area contributed by atoms with Gasteiger partial charge in [-0.15, -0.1) is 23.7 Å². The van der Waals surface area contributed by atoms with Crippen molar-refractivity contribution in [1.82, 2.24) is 10.2 Å². The van der Waals surface area contributed by atoms with Crippen molar-refractivity contribution in [3.63, 3.8) is 0 Å². The van der Waals surface area contributed by atoms with Crippen molar-refractivity contribution >= 4 is 29.7 Å². The number of likely N-dealkylation sites (tertiary alicyclic amines) is 1. The predicted octanol–water partition coefficient (Wildman–Crippen LogP) is 2.48. The Morgan fingerprint density at radius 1 is 1.30 bits per heavy atom. The van der Waals surface area contributed by atoms with Gasteiger partial charge in [0.05, 0.1) is 6.42 Å². The number of rotatable bonds is 2. The van der Waals surface area contributed by atoms with Crippen molar-refractivity contribution in [3.8, 4) is 0 Å². The van der Waals surface area contributed by atoms with Crippen LogP contribution >= 0.6 is 23.7 Å². The van der Waals surface area contributed by atoms with Gasteiger partial charge in [0.15, 0.2) is 0 Å². The maximum atomic E-state index is 12.4. The molecule has 0 aromatic carbocycles. The first-order chi connectivity index (χ1) is 9.22. The zero-order valence-electron chi connectivity index (χ0n) is 11.9. The normalized spacial score (nSPS) is 25.8. The first kappa shape index (κ1) is 15.8. The summed E-state index contributed by atoms with van der Waals surface area (Å²) in [6, 6.07) is 4.19. The van der Waals surface area contributed by atoms with Gasteiger partial charge in [-0.2, -0.15) is 0 Å². The highest BCUT2D eigenvalue weighted by Gasteiger charge is 2.31. The molecule has 0 bridgehead atoms. The Morgan fingerprint density at radius 2 is 1.95 bits per heavy atom. The number of thiophene rings is 1. The van der Waals surface area contributed by atoms with E-state index in [9.17, 15) is 4.79 Å². The van der Waals surface area contributed by atoms with Gasteiger partial charge in [0.25, 0.3) is 0 Å². The molecule has 1 N–H and O–H groups in total. The monoisotopic (exact) mass is 314 g/mol. The van der Waals surface area contributed by atoms with Gasteiger partial charge in [0.1, 0.15) is 0 Å². The summed E-state index contributed by atoms with van der Waals surface area (Å²) in [6.45, 7) is 6.30. The maximum Gasteiger partial charge on any atom is 0.227 e. The average molecular weight is 315 g/mol. The molecule has 0 radical (unpaired) electrons. The van der Waals surface area contributed by atoms with Crippen LogP contribution in [0.2, 0.25) is 0 Å². The highest BCUT2D eigenvalue weighted by atomic mass is 35.5. The Bertz CT molecular complexity index is 448. The van der Waals surface area contributed by atoms with Gasteiger partial charge in [0.2, 0.25) is 5.91 Å². The Labute approximate surface area is 131 Å². The number of amides is 1. The predicted molar refractivity (Wildman–Crippen MR) is 85.7 cm³/mol. The highest BCUT2D eigenvalue weighted by Crippen LogP contribution is 2.27. The van der Waals surface area contributed by atoms with Crippen LogP contribution in [0.5, 0.6) is 0 Å². The summed E-state index contributed by atoms with van der Waals surface area (Å²) in [7, 11) is 0. The third-order valence-electron chi connectivity index (χ3n) is 4.49. The van der Waals surface area contributed by atoms with Crippen LogP contribution in [0.3, 0.4) is 0 Å². The van der Waals surface area contributed by atoms with Gasteiger partial charge in [-0.3, -0.25) is 4.79 Å². The molecule has 3 nitrogen and oxygen atoms in total. The molecule has 0 aliphatic carbocycles. The van der Waals surface area contributed by atoms with Crippen molar-refractivity contribution in [1.29, 1.82) is 0 Å². The number of aryl methyl sites for hydroxylation is 1. The summed E-state index contributed by atoms with van der Waals surface area (Å²) in [5, 5.41) is 3.48. The van der Waals surface area contributed by atoms with E-state index in [0.717, 1.165) is 38.0 Å². The molecular formula is C15H23ClN2OS. The largest absolute Gasteiger partial charge is 0.342 e. The van der Waals surface area contributed by atoms with E-state index in [-0.39, 0.29) is 12.4 Å². The molecule has 112 valence electrons. The third-order valence-corrected chi connectivity index (χ3v) is 5.49. The highest BCUT2D eigenvalue weighted by molar-refractivity contribution is 7.12. The van der Waals surface area contributed by atoms with E-state index < -0.39 is 0 Å². The standard InChI is InChI=1S/C15H22N2OS.ClH/c1-11-2-3-14(19-11)8-15(18)17-6-4-12-9-16-10-13(12)5-7-17;/h2-3,12-13,16H,4-10H2,1H3;1H/t12-,13+;. The van der Waals surface area contributed by atoms with Crippen molar-refractivity contribution in [2.45, 2.75) is 26.2 Å². The minimum absolute atomic E-state index is 0. The summed E-state index contributed by atoms with van der Waals surface area (Å²) in [5.74, 6) is 1.90. The summed E-state index contributed by atoms with van der Waals surface area (Å²) >= 11 is 1.74. The van der Waals surface area contributed by atoms with Crippen LogP contribution < -0.4 is 5.32 Å². The van der Waals surface area contributed by atoms with Gasteiger partial charge >= 0.3 is 0 Å². The SMILES string of the molecule is Cc1ccc(CC(=O)N2CC[C@@H]3CNC[C@@H]3CC2)s1.Cl. The average Bonchev–Trinajstić information content (AvgIpc) is 2.94. The minimum atomic E-state index is 0. The Kier molecular flexibility index (Phi) is 5.47. The summed E-state index contributed by atoms with van der Waals surface area (Å²) in [6.07, 6.45) is 2.94. The van der Waals surface area contributed by atoms with E-state index in [2.05, 4.69) is 29.3 Å². The van der Waals surface area contributed by atoms with Gasteiger partial charge < -0.3 is 10.2 Å². The zero-order valence-corrected chi connectivity index (χ0v) is 13.6. The molecule has 3 heterocycles. The molecule has 1 amide bonds. The molecule has 2 aliphatic heterocycles.